The van der Waals surface area contributed by atoms with Gasteiger partial charge in [-0.05, 0) is 30.5 Å². The van der Waals surface area contributed by atoms with Gasteiger partial charge in [-0.3, -0.25) is 0 Å². The maximum Gasteiger partial charge on any atom is 0.0553 e. The van der Waals surface area contributed by atoms with E-state index in [0.29, 0.717) is 0 Å². The number of benzene rings is 1. The number of rotatable bonds is 2. The van der Waals surface area contributed by atoms with E-state index >= 15 is 0 Å². The SMILES string of the molecule is C[C@@H]1CC1Sc1ccc(Br)cc1Cl. The average Bonchev–Trinajstić information content (AvgIpc) is 2.73. The molecule has 0 radical (unpaired) electrons. The molecule has 1 aromatic carbocycles. The zero-order valence-corrected chi connectivity index (χ0v) is 10.4. The highest BCUT2D eigenvalue weighted by Gasteiger charge is 2.33. The largest absolute Gasteiger partial charge is 0.121 e. The molecule has 70 valence electrons. The molecule has 3 heteroatoms. The normalized spacial score (nSPS) is 26.1. The van der Waals surface area contributed by atoms with Crippen molar-refractivity contribution in [2.75, 3.05) is 0 Å². The van der Waals surface area contributed by atoms with Gasteiger partial charge >= 0.3 is 0 Å². The molecule has 13 heavy (non-hydrogen) atoms. The van der Waals surface area contributed by atoms with Crippen LogP contribution in [0.25, 0.3) is 0 Å². The molecule has 2 atom stereocenters. The second kappa shape index (κ2) is 3.84. The summed E-state index contributed by atoms with van der Waals surface area (Å²) in [6.07, 6.45) is 1.33. The van der Waals surface area contributed by atoms with Crippen LogP contribution in [0.15, 0.2) is 27.6 Å². The van der Waals surface area contributed by atoms with Crippen molar-refractivity contribution in [2.45, 2.75) is 23.5 Å². The van der Waals surface area contributed by atoms with E-state index in [4.69, 9.17) is 11.6 Å². The lowest BCUT2D eigenvalue weighted by Crippen LogP contribution is -1.80. The molecule has 1 aromatic rings. The van der Waals surface area contributed by atoms with Crippen LogP contribution in [0.1, 0.15) is 13.3 Å². The van der Waals surface area contributed by atoms with Crippen LogP contribution in [0.4, 0.5) is 0 Å². The van der Waals surface area contributed by atoms with Crippen molar-refractivity contribution in [3.8, 4) is 0 Å². The van der Waals surface area contributed by atoms with Crippen molar-refractivity contribution in [1.29, 1.82) is 0 Å². The van der Waals surface area contributed by atoms with Gasteiger partial charge in [0.1, 0.15) is 0 Å². The van der Waals surface area contributed by atoms with Crippen molar-refractivity contribution in [3.05, 3.63) is 27.7 Å². The standard InChI is InChI=1S/C10H10BrClS/c1-6-4-10(6)13-9-3-2-7(11)5-8(9)12/h2-3,5-6,10H,4H2,1H3/t6-,10?/m1/s1. The van der Waals surface area contributed by atoms with Gasteiger partial charge in [0.2, 0.25) is 0 Å². The molecular weight excluding hydrogens is 268 g/mol. The second-order valence-corrected chi connectivity index (χ2v) is 6.05. The molecule has 0 N–H and O–H groups in total. The summed E-state index contributed by atoms with van der Waals surface area (Å²) in [5.74, 6) is 0.865. The molecule has 0 heterocycles. The first-order valence-electron chi connectivity index (χ1n) is 4.28. The van der Waals surface area contributed by atoms with Crippen LogP contribution in [-0.4, -0.2) is 5.25 Å². The second-order valence-electron chi connectivity index (χ2n) is 3.44. The predicted octanol–water partition coefficient (Wildman–Crippen LogP) is 4.60. The summed E-state index contributed by atoms with van der Waals surface area (Å²) >= 11 is 11.4. The fraction of sp³-hybridized carbons (Fsp3) is 0.400. The van der Waals surface area contributed by atoms with E-state index in [-0.39, 0.29) is 0 Å². The van der Waals surface area contributed by atoms with Gasteiger partial charge in [-0.1, -0.05) is 34.5 Å². The zero-order valence-electron chi connectivity index (χ0n) is 7.26. The van der Waals surface area contributed by atoms with Gasteiger partial charge in [-0.15, -0.1) is 11.8 Å². The summed E-state index contributed by atoms with van der Waals surface area (Å²) in [6.45, 7) is 2.28. The Kier molecular flexibility index (Phi) is 2.91. The third-order valence-corrected chi connectivity index (χ3v) is 4.70. The predicted molar refractivity (Wildman–Crippen MR) is 62.6 cm³/mol. The zero-order chi connectivity index (χ0) is 9.42. The summed E-state index contributed by atoms with van der Waals surface area (Å²) < 4.78 is 1.05. The highest BCUT2D eigenvalue weighted by molar-refractivity contribution is 9.10. The van der Waals surface area contributed by atoms with Crippen LogP contribution in [0, 0.1) is 5.92 Å². The summed E-state index contributed by atoms with van der Waals surface area (Å²) in [4.78, 5) is 1.21. The van der Waals surface area contributed by atoms with Crippen molar-refractivity contribution < 1.29 is 0 Å². The quantitative estimate of drug-likeness (QED) is 0.761. The van der Waals surface area contributed by atoms with Crippen molar-refractivity contribution in [3.63, 3.8) is 0 Å². The van der Waals surface area contributed by atoms with Gasteiger partial charge in [-0.25, -0.2) is 0 Å². The minimum Gasteiger partial charge on any atom is -0.121 e. The number of thioether (sulfide) groups is 1. The van der Waals surface area contributed by atoms with Crippen LogP contribution in [0.3, 0.4) is 0 Å². The molecule has 0 amide bonds. The average molecular weight is 278 g/mol. The monoisotopic (exact) mass is 276 g/mol. The summed E-state index contributed by atoms with van der Waals surface area (Å²) in [5, 5.41) is 1.65. The molecule has 1 fully saturated rings. The molecule has 2 rings (SSSR count). The first kappa shape index (κ1) is 9.88. The molecule has 0 bridgehead atoms. The van der Waals surface area contributed by atoms with E-state index in [0.717, 1.165) is 20.7 Å². The molecule has 0 spiro atoms. The maximum absolute atomic E-state index is 6.10. The summed E-state index contributed by atoms with van der Waals surface area (Å²) in [5.41, 5.74) is 0. The lowest BCUT2D eigenvalue weighted by Gasteiger charge is -2.02. The van der Waals surface area contributed by atoms with Gasteiger partial charge in [0.15, 0.2) is 0 Å². The summed E-state index contributed by atoms with van der Waals surface area (Å²) in [7, 11) is 0. The maximum atomic E-state index is 6.10. The third-order valence-electron chi connectivity index (χ3n) is 2.21. The van der Waals surface area contributed by atoms with Crippen molar-refractivity contribution >= 4 is 39.3 Å². The Morgan fingerprint density at radius 1 is 1.54 bits per heavy atom. The molecule has 0 aliphatic heterocycles. The van der Waals surface area contributed by atoms with Crippen LogP contribution in [0.5, 0.6) is 0 Å². The molecule has 0 nitrogen and oxygen atoms in total. The first-order chi connectivity index (χ1) is 6.16. The Balaban J connectivity index is 2.11. The molecular formula is C10H10BrClS. The Morgan fingerprint density at radius 3 is 2.77 bits per heavy atom. The highest BCUT2D eigenvalue weighted by Crippen LogP contribution is 2.46. The minimum atomic E-state index is 0.790. The van der Waals surface area contributed by atoms with Gasteiger partial charge in [0, 0.05) is 14.6 Å². The smallest absolute Gasteiger partial charge is 0.0553 e. The Bertz CT molecular complexity index is 327. The highest BCUT2D eigenvalue weighted by atomic mass is 79.9. The van der Waals surface area contributed by atoms with E-state index in [1.807, 2.05) is 23.9 Å². The molecule has 1 unspecified atom stereocenters. The van der Waals surface area contributed by atoms with Gasteiger partial charge in [-0.2, -0.15) is 0 Å². The molecule has 1 saturated carbocycles. The van der Waals surface area contributed by atoms with Crippen LogP contribution in [-0.2, 0) is 0 Å². The fourth-order valence-corrected chi connectivity index (χ4v) is 3.27. The van der Waals surface area contributed by atoms with E-state index in [2.05, 4.69) is 28.9 Å². The van der Waals surface area contributed by atoms with E-state index in [1.165, 1.54) is 11.3 Å². The molecule has 0 saturated heterocycles. The van der Waals surface area contributed by atoms with Crippen molar-refractivity contribution in [1.82, 2.24) is 0 Å². The number of hydrogen-bond donors (Lipinski definition) is 0. The fourth-order valence-electron chi connectivity index (χ4n) is 1.19. The Morgan fingerprint density at radius 2 is 2.23 bits per heavy atom. The molecule has 1 aliphatic rings. The summed E-state index contributed by atoms with van der Waals surface area (Å²) in [6, 6.07) is 6.08. The molecule has 0 aromatic heterocycles. The molecule has 1 aliphatic carbocycles. The Labute approximate surface area is 96.2 Å². The van der Waals surface area contributed by atoms with Crippen LogP contribution < -0.4 is 0 Å². The number of hydrogen-bond acceptors (Lipinski definition) is 1. The van der Waals surface area contributed by atoms with E-state index < -0.39 is 0 Å². The van der Waals surface area contributed by atoms with E-state index in [1.54, 1.807) is 0 Å². The van der Waals surface area contributed by atoms with Crippen LogP contribution in [0.2, 0.25) is 5.02 Å². The minimum absolute atomic E-state index is 0.790. The van der Waals surface area contributed by atoms with E-state index in [9.17, 15) is 0 Å². The van der Waals surface area contributed by atoms with Gasteiger partial charge in [0.05, 0.1) is 5.02 Å². The van der Waals surface area contributed by atoms with Crippen LogP contribution >= 0.6 is 39.3 Å². The lowest BCUT2D eigenvalue weighted by atomic mass is 10.4. The lowest BCUT2D eigenvalue weighted by molar-refractivity contribution is 0.987. The topological polar surface area (TPSA) is 0 Å². The first-order valence-corrected chi connectivity index (χ1v) is 6.33. The van der Waals surface area contributed by atoms with Crippen molar-refractivity contribution in [2.24, 2.45) is 5.92 Å². The van der Waals surface area contributed by atoms with Gasteiger partial charge < -0.3 is 0 Å². The third kappa shape index (κ3) is 2.42. The number of halogens is 2. The van der Waals surface area contributed by atoms with Gasteiger partial charge in [0.25, 0.3) is 0 Å². The Hall–Kier alpha value is 0.340.